The topological polar surface area (TPSA) is 88.1 Å². The molecule has 2 N–H and O–H groups in total. The molecule has 0 bridgehead atoms. The van der Waals surface area contributed by atoms with E-state index in [9.17, 15) is 4.39 Å². The van der Waals surface area contributed by atoms with Gasteiger partial charge in [0.25, 0.3) is 0 Å². The number of para-hydroxylation sites is 1. The molecular formula is C24H24FN7O. The summed E-state index contributed by atoms with van der Waals surface area (Å²) < 4.78 is 19.0. The molecule has 3 aromatic heterocycles. The summed E-state index contributed by atoms with van der Waals surface area (Å²) in [5.41, 5.74) is 2.42. The van der Waals surface area contributed by atoms with E-state index in [2.05, 4.69) is 25.5 Å². The van der Waals surface area contributed by atoms with Crippen molar-refractivity contribution >= 4 is 28.2 Å². The predicted octanol–water partition coefficient (Wildman–Crippen LogP) is 3.59. The first-order chi connectivity index (χ1) is 16.2. The molecule has 0 unspecified atom stereocenters. The van der Waals surface area contributed by atoms with E-state index in [0.29, 0.717) is 48.4 Å². The van der Waals surface area contributed by atoms with Gasteiger partial charge in [0.2, 0.25) is 0 Å². The molecule has 1 atom stereocenters. The third kappa shape index (κ3) is 4.40. The number of ether oxygens (including phenoxy) is 1. The lowest BCUT2D eigenvalue weighted by molar-refractivity contribution is 0.352. The number of methoxy groups -OCH3 is 1. The molecule has 1 fully saturated rings. The minimum Gasteiger partial charge on any atom is -0.494 e. The molecule has 0 radical (unpaired) electrons. The van der Waals surface area contributed by atoms with E-state index in [-0.39, 0.29) is 6.04 Å². The van der Waals surface area contributed by atoms with Gasteiger partial charge in [0.05, 0.1) is 36.4 Å². The fraction of sp³-hybridized carbons (Fsp3) is 0.250. The van der Waals surface area contributed by atoms with Crippen LogP contribution in [0.3, 0.4) is 0 Å². The first-order valence-electron chi connectivity index (χ1n) is 10.8. The van der Waals surface area contributed by atoms with Gasteiger partial charge in [-0.3, -0.25) is 4.98 Å². The van der Waals surface area contributed by atoms with Crippen LogP contribution in [0.15, 0.2) is 61.1 Å². The van der Waals surface area contributed by atoms with Gasteiger partial charge in [-0.2, -0.15) is 0 Å². The molecule has 0 saturated carbocycles. The number of fused-ring (bicyclic) bond motifs is 1. The third-order valence-electron chi connectivity index (χ3n) is 5.58. The number of benzene rings is 1. The second-order valence-electron chi connectivity index (χ2n) is 7.78. The van der Waals surface area contributed by atoms with Crippen LogP contribution in [-0.4, -0.2) is 59.4 Å². The number of hydrogen-bond donors (Lipinski definition) is 2. The third-order valence-corrected chi connectivity index (χ3v) is 5.58. The molecule has 5 rings (SSSR count). The van der Waals surface area contributed by atoms with Crippen LogP contribution in [-0.2, 0) is 0 Å². The van der Waals surface area contributed by atoms with Crippen LogP contribution in [0.1, 0.15) is 0 Å². The van der Waals surface area contributed by atoms with Crippen molar-refractivity contribution in [2.24, 2.45) is 0 Å². The van der Waals surface area contributed by atoms with E-state index in [1.165, 1.54) is 0 Å². The molecule has 4 aromatic rings. The van der Waals surface area contributed by atoms with Crippen LogP contribution in [0.5, 0.6) is 5.75 Å². The number of pyridine rings is 2. The Hall–Kier alpha value is -3.85. The highest BCUT2D eigenvalue weighted by molar-refractivity contribution is 5.95. The summed E-state index contributed by atoms with van der Waals surface area (Å²) in [6, 6.07) is 13.4. The minimum atomic E-state index is -0.441. The first kappa shape index (κ1) is 21.0. The number of aromatic nitrogens is 4. The molecule has 4 heterocycles. The second-order valence-corrected chi connectivity index (χ2v) is 7.78. The SMILES string of the molecule is COc1cncc2nc(-c3ccnc(Nc4ccccc4)c3)nc(N3CCN[C@H](CF)C3)c12. The molecule has 1 aromatic carbocycles. The lowest BCUT2D eigenvalue weighted by atomic mass is 10.1. The van der Waals surface area contributed by atoms with Gasteiger partial charge in [-0.15, -0.1) is 0 Å². The van der Waals surface area contributed by atoms with Gasteiger partial charge in [-0.05, 0) is 24.3 Å². The number of nitrogens with zero attached hydrogens (tertiary/aromatic N) is 5. The lowest BCUT2D eigenvalue weighted by Crippen LogP contribution is -2.52. The molecule has 9 heteroatoms. The van der Waals surface area contributed by atoms with Crippen LogP contribution in [0, 0.1) is 0 Å². The van der Waals surface area contributed by atoms with E-state index in [4.69, 9.17) is 14.7 Å². The van der Waals surface area contributed by atoms with E-state index in [1.54, 1.807) is 25.7 Å². The summed E-state index contributed by atoms with van der Waals surface area (Å²) in [4.78, 5) is 20.5. The van der Waals surface area contributed by atoms with E-state index in [1.807, 2.05) is 42.5 Å². The van der Waals surface area contributed by atoms with Crippen molar-refractivity contribution in [3.05, 3.63) is 61.1 Å². The van der Waals surface area contributed by atoms with Crippen molar-refractivity contribution in [2.45, 2.75) is 6.04 Å². The molecule has 0 spiro atoms. The van der Waals surface area contributed by atoms with Crippen LogP contribution in [0.2, 0.25) is 0 Å². The monoisotopic (exact) mass is 445 g/mol. The Kier molecular flexibility index (Phi) is 5.95. The zero-order valence-electron chi connectivity index (χ0n) is 18.2. The zero-order chi connectivity index (χ0) is 22.6. The quantitative estimate of drug-likeness (QED) is 0.466. The molecule has 1 saturated heterocycles. The number of anilines is 3. The zero-order valence-corrected chi connectivity index (χ0v) is 18.2. The van der Waals surface area contributed by atoms with Crippen LogP contribution >= 0.6 is 0 Å². The molecule has 1 aliphatic heterocycles. The smallest absolute Gasteiger partial charge is 0.162 e. The molecule has 33 heavy (non-hydrogen) atoms. The maximum atomic E-state index is 13.4. The summed E-state index contributed by atoms with van der Waals surface area (Å²) in [7, 11) is 1.60. The summed E-state index contributed by atoms with van der Waals surface area (Å²) in [6.07, 6.45) is 5.07. The Morgan fingerprint density at radius 3 is 2.88 bits per heavy atom. The van der Waals surface area contributed by atoms with Crippen LogP contribution in [0.4, 0.5) is 21.7 Å². The molecule has 8 nitrogen and oxygen atoms in total. The maximum Gasteiger partial charge on any atom is 0.162 e. The molecule has 0 aliphatic carbocycles. The average molecular weight is 446 g/mol. The second kappa shape index (κ2) is 9.33. The van der Waals surface area contributed by atoms with Gasteiger partial charge in [0, 0.05) is 37.1 Å². The number of halogens is 1. The number of piperazine rings is 1. The molecule has 168 valence electrons. The summed E-state index contributed by atoms with van der Waals surface area (Å²) in [5.74, 6) is 2.53. The highest BCUT2D eigenvalue weighted by Crippen LogP contribution is 2.34. The van der Waals surface area contributed by atoms with E-state index in [0.717, 1.165) is 16.6 Å². The van der Waals surface area contributed by atoms with E-state index < -0.39 is 6.67 Å². The van der Waals surface area contributed by atoms with Crippen molar-refractivity contribution in [1.82, 2.24) is 25.3 Å². The van der Waals surface area contributed by atoms with Gasteiger partial charge in [0.15, 0.2) is 5.82 Å². The Morgan fingerprint density at radius 2 is 2.06 bits per heavy atom. The highest BCUT2D eigenvalue weighted by atomic mass is 19.1. The van der Waals surface area contributed by atoms with E-state index >= 15 is 0 Å². The number of rotatable bonds is 6. The molecule has 1 aliphatic rings. The normalized spacial score (nSPS) is 16.1. The Balaban J connectivity index is 1.59. The fourth-order valence-corrected chi connectivity index (χ4v) is 3.98. The Morgan fingerprint density at radius 1 is 1.18 bits per heavy atom. The van der Waals surface area contributed by atoms with Crippen molar-refractivity contribution in [3.8, 4) is 17.1 Å². The summed E-state index contributed by atoms with van der Waals surface area (Å²) >= 11 is 0. The van der Waals surface area contributed by atoms with Crippen LogP contribution < -0.4 is 20.3 Å². The van der Waals surface area contributed by atoms with Gasteiger partial charge >= 0.3 is 0 Å². The Bertz CT molecular complexity index is 1250. The van der Waals surface area contributed by atoms with Gasteiger partial charge in [-0.25, -0.2) is 19.3 Å². The largest absolute Gasteiger partial charge is 0.494 e. The first-order valence-corrected chi connectivity index (χ1v) is 10.8. The number of nitrogens with one attached hydrogen (secondary N) is 2. The molecule has 0 amide bonds. The van der Waals surface area contributed by atoms with Gasteiger partial charge in [-0.1, -0.05) is 18.2 Å². The van der Waals surface area contributed by atoms with Crippen molar-refractivity contribution < 1.29 is 9.13 Å². The summed E-state index contributed by atoms with van der Waals surface area (Å²) in [5, 5.41) is 7.27. The Labute approximate surface area is 190 Å². The number of alkyl halides is 1. The van der Waals surface area contributed by atoms with Gasteiger partial charge in [0.1, 0.15) is 24.1 Å². The van der Waals surface area contributed by atoms with Gasteiger partial charge < -0.3 is 20.3 Å². The highest BCUT2D eigenvalue weighted by Gasteiger charge is 2.24. The van der Waals surface area contributed by atoms with Crippen molar-refractivity contribution in [3.63, 3.8) is 0 Å². The van der Waals surface area contributed by atoms with Crippen molar-refractivity contribution in [1.29, 1.82) is 0 Å². The number of hydrogen-bond acceptors (Lipinski definition) is 8. The summed E-state index contributed by atoms with van der Waals surface area (Å²) in [6.45, 7) is 1.43. The standard InChI is InChI=1S/C24H24FN7O/c1-33-20-14-26-13-19-22(20)24(32-10-9-27-18(12-25)15-32)31-23(30-19)16-7-8-28-21(11-16)29-17-5-3-2-4-6-17/h2-8,11,13-14,18,27H,9-10,12,15H2,1H3,(H,28,29)/t18-/m1/s1. The van der Waals surface area contributed by atoms with Crippen molar-refractivity contribution in [2.75, 3.05) is 43.6 Å². The average Bonchev–Trinajstić information content (AvgIpc) is 2.88. The predicted molar refractivity (Wildman–Crippen MR) is 127 cm³/mol. The fourth-order valence-electron chi connectivity index (χ4n) is 3.98. The maximum absolute atomic E-state index is 13.4. The minimum absolute atomic E-state index is 0.248. The molecular weight excluding hydrogens is 421 g/mol. The lowest BCUT2D eigenvalue weighted by Gasteiger charge is -2.34. The van der Waals surface area contributed by atoms with Crippen LogP contribution in [0.25, 0.3) is 22.3 Å².